The number of pyridine rings is 1. The average Bonchev–Trinajstić information content (AvgIpc) is 3.24. The minimum Gasteiger partial charge on any atom is -0.474 e. The highest BCUT2D eigenvalue weighted by Crippen LogP contribution is 2.40. The molecule has 1 amide bonds. The van der Waals surface area contributed by atoms with E-state index in [2.05, 4.69) is 9.98 Å². The molecule has 33 heavy (non-hydrogen) atoms. The molecule has 2 aliphatic heterocycles. The van der Waals surface area contributed by atoms with Crippen LogP contribution in [0.25, 0.3) is 0 Å². The summed E-state index contributed by atoms with van der Waals surface area (Å²) in [6.45, 7) is 4.68. The van der Waals surface area contributed by atoms with Crippen molar-refractivity contribution < 1.29 is 13.9 Å². The number of ether oxygens (including phenoxy) is 1. The number of nitrogens with two attached hydrogens (primary N) is 1. The van der Waals surface area contributed by atoms with Gasteiger partial charge in [0.1, 0.15) is 6.10 Å². The van der Waals surface area contributed by atoms with E-state index in [0.29, 0.717) is 34.7 Å². The lowest BCUT2D eigenvalue weighted by molar-refractivity contribution is -0.136. The van der Waals surface area contributed by atoms with E-state index in [0.717, 1.165) is 5.56 Å². The molecule has 3 heterocycles. The van der Waals surface area contributed by atoms with E-state index in [-0.39, 0.29) is 30.3 Å². The van der Waals surface area contributed by atoms with Crippen LogP contribution in [0.15, 0.2) is 53.5 Å². The van der Waals surface area contributed by atoms with Crippen LogP contribution in [-0.2, 0) is 4.79 Å². The maximum Gasteiger partial charge on any atom is 0.234 e. The van der Waals surface area contributed by atoms with Crippen molar-refractivity contribution in [2.75, 3.05) is 18.8 Å². The number of likely N-dealkylation sites (tertiary alicyclic amines) is 1. The number of nitrogen functional groups attached to an aromatic ring is 1. The van der Waals surface area contributed by atoms with Crippen LogP contribution in [0.3, 0.4) is 0 Å². The number of halogens is 3. The quantitative estimate of drug-likeness (QED) is 0.578. The van der Waals surface area contributed by atoms with Gasteiger partial charge in [-0.3, -0.25) is 4.79 Å². The highest BCUT2D eigenvalue weighted by atomic mass is 35.5. The SMILES string of the molecule is C[C@H](Oc1ccc(N)cn1)[C@H]1CN(C(=O)C2(C)C=NC(F)=CC2)C[C@@H]1c1ccc(Cl)c(Cl)c1. The van der Waals surface area contributed by atoms with Crippen LogP contribution in [-0.4, -0.2) is 41.2 Å². The topological polar surface area (TPSA) is 80.8 Å². The molecule has 1 saturated heterocycles. The zero-order chi connectivity index (χ0) is 23.8. The van der Waals surface area contributed by atoms with E-state index in [1.54, 1.807) is 36.2 Å². The van der Waals surface area contributed by atoms with Crippen molar-refractivity contribution in [2.45, 2.75) is 32.3 Å². The average molecular weight is 491 g/mol. The van der Waals surface area contributed by atoms with Gasteiger partial charge in [-0.25, -0.2) is 9.98 Å². The number of aromatic nitrogens is 1. The predicted molar refractivity (Wildman–Crippen MR) is 128 cm³/mol. The minimum atomic E-state index is -0.894. The van der Waals surface area contributed by atoms with Crippen LogP contribution in [0.2, 0.25) is 10.0 Å². The van der Waals surface area contributed by atoms with Crippen LogP contribution >= 0.6 is 23.2 Å². The van der Waals surface area contributed by atoms with Gasteiger partial charge < -0.3 is 15.4 Å². The molecule has 0 spiro atoms. The number of nitrogens with zero attached hydrogens (tertiary/aromatic N) is 3. The van der Waals surface area contributed by atoms with E-state index < -0.39 is 11.4 Å². The molecule has 1 unspecified atom stereocenters. The number of aliphatic imine (C=N–C) groups is 1. The Bertz CT molecular complexity index is 1110. The Kier molecular flexibility index (Phi) is 6.64. The molecule has 1 fully saturated rings. The first-order valence-electron chi connectivity index (χ1n) is 10.7. The number of anilines is 1. The van der Waals surface area contributed by atoms with Crippen molar-refractivity contribution in [2.24, 2.45) is 16.3 Å². The second kappa shape index (κ2) is 9.31. The Morgan fingerprint density at radius 1 is 1.27 bits per heavy atom. The highest BCUT2D eigenvalue weighted by Gasteiger charge is 2.45. The monoisotopic (exact) mass is 490 g/mol. The van der Waals surface area contributed by atoms with Gasteiger partial charge in [0.25, 0.3) is 0 Å². The van der Waals surface area contributed by atoms with E-state index in [1.165, 1.54) is 12.3 Å². The van der Waals surface area contributed by atoms with E-state index in [1.807, 2.05) is 19.1 Å². The largest absolute Gasteiger partial charge is 0.474 e. The lowest BCUT2D eigenvalue weighted by Gasteiger charge is -2.30. The fraction of sp³-hybridized carbons (Fsp3) is 0.375. The summed E-state index contributed by atoms with van der Waals surface area (Å²) in [6, 6.07) is 8.97. The maximum absolute atomic E-state index is 13.5. The standard InChI is InChI=1S/C24H25Cl2FN4O2/c1-14(33-22-6-4-16(28)10-29-22)17-11-31(23(32)24(2)8-7-21(27)30-13-24)12-18(17)15-3-5-19(25)20(26)9-15/h3-7,9-10,13-14,17-18H,8,11-12,28H2,1-2H3/t14-,17+,18+,24?/m0/s1. The number of carbonyl (C=O) groups excluding carboxylic acids is 1. The van der Waals surface area contributed by atoms with Gasteiger partial charge in [-0.15, -0.1) is 0 Å². The highest BCUT2D eigenvalue weighted by molar-refractivity contribution is 6.42. The van der Waals surface area contributed by atoms with Crippen LogP contribution < -0.4 is 10.5 Å². The summed E-state index contributed by atoms with van der Waals surface area (Å²) in [5.74, 6) is -0.279. The number of carbonyl (C=O) groups is 1. The zero-order valence-corrected chi connectivity index (χ0v) is 19.9. The third-order valence-electron chi connectivity index (χ3n) is 6.35. The predicted octanol–water partition coefficient (Wildman–Crippen LogP) is 5.27. The Hall–Kier alpha value is -2.64. The summed E-state index contributed by atoms with van der Waals surface area (Å²) >= 11 is 12.4. The number of amides is 1. The molecule has 2 N–H and O–H groups in total. The van der Waals surface area contributed by atoms with Crippen LogP contribution in [0.4, 0.5) is 10.1 Å². The van der Waals surface area contributed by atoms with E-state index in [4.69, 9.17) is 33.7 Å². The van der Waals surface area contributed by atoms with Gasteiger partial charge in [0.15, 0.2) is 0 Å². The number of rotatable bonds is 5. The normalized spacial score (nSPS) is 25.6. The molecule has 4 rings (SSSR count). The Morgan fingerprint density at radius 3 is 2.70 bits per heavy atom. The number of allylic oxidation sites excluding steroid dienone is 1. The van der Waals surface area contributed by atoms with Crippen molar-refractivity contribution in [1.82, 2.24) is 9.88 Å². The van der Waals surface area contributed by atoms with Crippen molar-refractivity contribution in [3.05, 3.63) is 64.2 Å². The van der Waals surface area contributed by atoms with Crippen molar-refractivity contribution in [3.8, 4) is 5.88 Å². The van der Waals surface area contributed by atoms with Gasteiger partial charge in [-0.1, -0.05) is 29.3 Å². The van der Waals surface area contributed by atoms with Gasteiger partial charge in [0, 0.05) is 37.2 Å². The molecule has 1 aromatic heterocycles. The van der Waals surface area contributed by atoms with E-state index in [9.17, 15) is 9.18 Å². The molecule has 6 nitrogen and oxygen atoms in total. The fourth-order valence-corrected chi connectivity index (χ4v) is 4.72. The Morgan fingerprint density at radius 2 is 2.06 bits per heavy atom. The molecule has 174 valence electrons. The molecule has 9 heteroatoms. The molecule has 2 aromatic rings. The smallest absolute Gasteiger partial charge is 0.234 e. The first kappa shape index (κ1) is 23.5. The first-order chi connectivity index (χ1) is 15.7. The summed E-state index contributed by atoms with van der Waals surface area (Å²) in [5.41, 5.74) is 6.35. The lowest BCUT2D eigenvalue weighted by atomic mass is 9.85. The van der Waals surface area contributed by atoms with Crippen molar-refractivity contribution in [1.29, 1.82) is 0 Å². The lowest BCUT2D eigenvalue weighted by Crippen LogP contribution is -2.43. The van der Waals surface area contributed by atoms with Crippen LogP contribution in [0, 0.1) is 11.3 Å². The molecule has 0 saturated carbocycles. The van der Waals surface area contributed by atoms with Crippen LogP contribution in [0.5, 0.6) is 5.88 Å². The van der Waals surface area contributed by atoms with Gasteiger partial charge >= 0.3 is 0 Å². The van der Waals surface area contributed by atoms with Gasteiger partial charge in [-0.05, 0) is 50.1 Å². The molecule has 0 bridgehead atoms. The third kappa shape index (κ3) is 4.99. The summed E-state index contributed by atoms with van der Waals surface area (Å²) in [6.07, 6.45) is 4.30. The van der Waals surface area contributed by atoms with Gasteiger partial charge in [-0.2, -0.15) is 4.39 Å². The Labute approximate surface area is 202 Å². The zero-order valence-electron chi connectivity index (χ0n) is 18.3. The molecular formula is C24H25Cl2FN4O2. The van der Waals surface area contributed by atoms with Gasteiger partial charge in [0.05, 0.1) is 27.3 Å². The van der Waals surface area contributed by atoms with Crippen molar-refractivity contribution in [3.63, 3.8) is 0 Å². The molecule has 0 aliphatic carbocycles. The summed E-state index contributed by atoms with van der Waals surface area (Å²) < 4.78 is 19.5. The van der Waals surface area contributed by atoms with E-state index >= 15 is 0 Å². The molecule has 0 radical (unpaired) electrons. The molecular weight excluding hydrogens is 466 g/mol. The number of hydrogen-bond acceptors (Lipinski definition) is 5. The minimum absolute atomic E-state index is 0.0381. The second-order valence-corrected chi connectivity index (χ2v) is 9.63. The number of benzene rings is 1. The summed E-state index contributed by atoms with van der Waals surface area (Å²) in [7, 11) is 0. The maximum atomic E-state index is 13.5. The third-order valence-corrected chi connectivity index (χ3v) is 7.09. The van der Waals surface area contributed by atoms with Crippen LogP contribution in [0.1, 0.15) is 31.7 Å². The Balaban J connectivity index is 1.60. The van der Waals surface area contributed by atoms with Gasteiger partial charge in [0.2, 0.25) is 17.7 Å². The summed E-state index contributed by atoms with van der Waals surface area (Å²) in [5, 5.41) is 0.927. The number of hydrogen-bond donors (Lipinski definition) is 1. The molecule has 4 atom stereocenters. The fourth-order valence-electron chi connectivity index (χ4n) is 4.41. The summed E-state index contributed by atoms with van der Waals surface area (Å²) in [4.78, 5) is 23.2. The molecule has 2 aliphatic rings. The molecule has 1 aromatic carbocycles. The van der Waals surface area contributed by atoms with Crippen molar-refractivity contribution >= 4 is 41.0 Å². The first-order valence-corrected chi connectivity index (χ1v) is 11.5. The second-order valence-electron chi connectivity index (χ2n) is 8.81.